The van der Waals surface area contributed by atoms with Crippen LogP contribution in [0.15, 0.2) is 0 Å². The normalized spacial score (nSPS) is 49.7. The molecule has 0 saturated carbocycles. The van der Waals surface area contributed by atoms with E-state index >= 15 is 0 Å². The predicted molar refractivity (Wildman–Crippen MR) is 35.1 cm³/mol. The molecule has 0 aromatic heterocycles. The number of nitrogens with zero attached hydrogens (tertiary/aromatic N) is 1. The van der Waals surface area contributed by atoms with Crippen molar-refractivity contribution in [3.05, 3.63) is 0 Å². The van der Waals surface area contributed by atoms with Crippen molar-refractivity contribution in [3.8, 4) is 0 Å². The summed E-state index contributed by atoms with van der Waals surface area (Å²) in [6.45, 7) is 0. The van der Waals surface area contributed by atoms with Gasteiger partial charge in [-0.15, -0.1) is 5.73 Å². The summed E-state index contributed by atoms with van der Waals surface area (Å²) in [7, 11) is 0. The van der Waals surface area contributed by atoms with Crippen LogP contribution in [0.5, 0.6) is 0 Å². The Bertz CT molecular complexity index is 101. The topological polar surface area (TPSA) is 34.3 Å². The molecule has 1 N–H and O–H groups in total. The molecule has 0 spiro atoms. The summed E-state index contributed by atoms with van der Waals surface area (Å²) >= 11 is 0. The Morgan fingerprint density at radius 1 is 1.11 bits per heavy atom. The first-order chi connectivity index (χ1) is 4.34. The lowest BCUT2D eigenvalue weighted by atomic mass is 10.0. The fourth-order valence-corrected chi connectivity index (χ4v) is 2.03. The molecule has 50 valence electrons. The zero-order chi connectivity index (χ0) is 6.27. The first kappa shape index (κ1) is 5.69. The van der Waals surface area contributed by atoms with Crippen molar-refractivity contribution < 1.29 is 0 Å². The van der Waals surface area contributed by atoms with Crippen LogP contribution in [0.3, 0.4) is 0 Å². The summed E-state index contributed by atoms with van der Waals surface area (Å²) in [6.07, 6.45) is 4.52. The molecule has 2 saturated heterocycles. The number of nitrogens with one attached hydrogen (secondary N) is 1. The van der Waals surface area contributed by atoms with Crippen LogP contribution in [-0.4, -0.2) is 18.1 Å². The Morgan fingerprint density at radius 2 is 1.67 bits per heavy atom. The third-order valence-corrected chi connectivity index (χ3v) is 2.45. The number of piperidine rings is 1. The minimum Gasteiger partial charge on any atom is -0.311 e. The second-order valence-electron chi connectivity index (χ2n) is 3.26. The Balaban J connectivity index is 2.03. The Kier molecular flexibility index (Phi) is 1.24. The van der Waals surface area contributed by atoms with Crippen molar-refractivity contribution in [2.45, 2.75) is 43.8 Å². The van der Waals surface area contributed by atoms with Crippen LogP contribution in [0.4, 0.5) is 0 Å². The Morgan fingerprint density at radius 3 is 2.22 bits per heavy atom. The highest BCUT2D eigenvalue weighted by Gasteiger charge is 2.32. The van der Waals surface area contributed by atoms with E-state index in [0.29, 0.717) is 12.1 Å². The lowest BCUT2D eigenvalue weighted by Crippen LogP contribution is -2.40. The van der Waals surface area contributed by atoms with Crippen LogP contribution >= 0.6 is 0 Å². The highest BCUT2D eigenvalue weighted by molar-refractivity contribution is 4.93. The SMILES string of the molecule is [N]C1CC2CCC(C1)N2. The van der Waals surface area contributed by atoms with Gasteiger partial charge in [0, 0.05) is 18.1 Å². The smallest absolute Gasteiger partial charge is 0.0463 e. The van der Waals surface area contributed by atoms with Gasteiger partial charge in [-0.2, -0.15) is 0 Å². The molecule has 2 radical (unpaired) electrons. The van der Waals surface area contributed by atoms with Gasteiger partial charge in [0.15, 0.2) is 0 Å². The monoisotopic (exact) mass is 124 g/mol. The van der Waals surface area contributed by atoms with Gasteiger partial charge in [0.1, 0.15) is 0 Å². The molecular weight excluding hydrogens is 112 g/mol. The molecular formula is C7H12N2. The van der Waals surface area contributed by atoms with Crippen molar-refractivity contribution in [2.24, 2.45) is 0 Å². The predicted octanol–water partition coefficient (Wildman–Crippen LogP) is 0.338. The van der Waals surface area contributed by atoms with Crippen molar-refractivity contribution in [1.29, 1.82) is 0 Å². The first-order valence-corrected chi connectivity index (χ1v) is 3.79. The molecule has 0 aliphatic carbocycles. The summed E-state index contributed by atoms with van der Waals surface area (Å²) in [5.74, 6) is 0. The van der Waals surface area contributed by atoms with E-state index in [1.807, 2.05) is 0 Å². The van der Waals surface area contributed by atoms with Gasteiger partial charge < -0.3 is 5.32 Å². The third-order valence-electron chi connectivity index (χ3n) is 2.45. The standard InChI is InChI=1S/C7H12N2/c8-5-3-6-1-2-7(4-5)9-6/h5-7,9H,1-4H2. The van der Waals surface area contributed by atoms with Gasteiger partial charge in [0.2, 0.25) is 0 Å². The van der Waals surface area contributed by atoms with Gasteiger partial charge in [-0.05, 0) is 25.7 Å². The highest BCUT2D eigenvalue weighted by Crippen LogP contribution is 2.25. The quantitative estimate of drug-likeness (QED) is 0.496. The lowest BCUT2D eigenvalue weighted by molar-refractivity contribution is 0.357. The minimum atomic E-state index is -0.0104. The van der Waals surface area contributed by atoms with Gasteiger partial charge in [-0.25, -0.2) is 0 Å². The Hall–Kier alpha value is -0.0800. The average molecular weight is 124 g/mol. The molecule has 0 aromatic rings. The molecule has 0 amide bonds. The fraction of sp³-hybridized carbons (Fsp3) is 1.00. The maximum absolute atomic E-state index is 9.25. The van der Waals surface area contributed by atoms with Gasteiger partial charge >= 0.3 is 0 Å². The number of fused-ring (bicyclic) bond motifs is 2. The maximum atomic E-state index is 9.25. The molecule has 2 bridgehead atoms. The second-order valence-corrected chi connectivity index (χ2v) is 3.26. The van der Waals surface area contributed by atoms with E-state index in [1.165, 1.54) is 12.8 Å². The van der Waals surface area contributed by atoms with Gasteiger partial charge in [-0.3, -0.25) is 0 Å². The van der Waals surface area contributed by atoms with E-state index < -0.39 is 0 Å². The van der Waals surface area contributed by atoms with Crippen molar-refractivity contribution in [2.75, 3.05) is 0 Å². The van der Waals surface area contributed by atoms with E-state index in [1.54, 1.807) is 0 Å². The van der Waals surface area contributed by atoms with Crippen LogP contribution in [-0.2, 0) is 0 Å². The van der Waals surface area contributed by atoms with E-state index in [0.717, 1.165) is 12.8 Å². The largest absolute Gasteiger partial charge is 0.311 e. The van der Waals surface area contributed by atoms with Crippen LogP contribution in [0, 0.1) is 0 Å². The van der Waals surface area contributed by atoms with Gasteiger partial charge in [-0.1, -0.05) is 0 Å². The molecule has 2 nitrogen and oxygen atoms in total. The molecule has 2 heteroatoms. The number of hydrogen-bond acceptors (Lipinski definition) is 1. The first-order valence-electron chi connectivity index (χ1n) is 3.79. The van der Waals surface area contributed by atoms with E-state index in [9.17, 15) is 5.73 Å². The molecule has 0 aromatic carbocycles. The number of hydrogen-bond donors (Lipinski definition) is 1. The molecule has 2 unspecified atom stereocenters. The molecule has 2 aliphatic heterocycles. The highest BCUT2D eigenvalue weighted by atomic mass is 15.0. The van der Waals surface area contributed by atoms with Gasteiger partial charge in [0.05, 0.1) is 0 Å². The zero-order valence-corrected chi connectivity index (χ0v) is 5.51. The lowest BCUT2D eigenvalue weighted by Gasteiger charge is -2.24. The average Bonchev–Trinajstić information content (AvgIpc) is 2.11. The van der Waals surface area contributed by atoms with Gasteiger partial charge in [0.25, 0.3) is 0 Å². The van der Waals surface area contributed by atoms with Crippen molar-refractivity contribution in [1.82, 2.24) is 11.1 Å². The number of rotatable bonds is 0. The second kappa shape index (κ2) is 1.96. The zero-order valence-electron chi connectivity index (χ0n) is 5.51. The van der Waals surface area contributed by atoms with Crippen LogP contribution in [0.25, 0.3) is 0 Å². The fourth-order valence-electron chi connectivity index (χ4n) is 2.03. The maximum Gasteiger partial charge on any atom is 0.0463 e. The van der Waals surface area contributed by atoms with E-state index in [-0.39, 0.29) is 6.04 Å². The molecule has 2 rings (SSSR count). The molecule has 2 atom stereocenters. The van der Waals surface area contributed by atoms with Crippen LogP contribution in [0.2, 0.25) is 0 Å². The summed E-state index contributed by atoms with van der Waals surface area (Å²) in [5, 5.41) is 3.46. The van der Waals surface area contributed by atoms with E-state index in [4.69, 9.17) is 0 Å². The molecule has 2 aliphatic rings. The third kappa shape index (κ3) is 0.970. The minimum absolute atomic E-state index is 0.0104. The molecule has 9 heavy (non-hydrogen) atoms. The summed E-state index contributed by atoms with van der Waals surface area (Å²) in [6, 6.07) is 1.27. The van der Waals surface area contributed by atoms with Crippen molar-refractivity contribution in [3.63, 3.8) is 0 Å². The molecule has 2 heterocycles. The Labute approximate surface area is 55.8 Å². The summed E-state index contributed by atoms with van der Waals surface area (Å²) in [5.41, 5.74) is 9.25. The molecule has 2 fully saturated rings. The van der Waals surface area contributed by atoms with E-state index in [2.05, 4.69) is 5.32 Å². The summed E-state index contributed by atoms with van der Waals surface area (Å²) < 4.78 is 0. The van der Waals surface area contributed by atoms with Crippen molar-refractivity contribution >= 4 is 0 Å². The van der Waals surface area contributed by atoms with Crippen LogP contribution in [0.1, 0.15) is 25.7 Å². The van der Waals surface area contributed by atoms with Crippen LogP contribution < -0.4 is 11.1 Å². The summed E-state index contributed by atoms with van der Waals surface area (Å²) in [4.78, 5) is 0.